The lowest BCUT2D eigenvalue weighted by atomic mass is 9.83. The highest BCUT2D eigenvalue weighted by atomic mass is 16.2. The van der Waals surface area contributed by atoms with E-state index in [0.29, 0.717) is 19.0 Å². The molecule has 2 atom stereocenters. The number of fused-ring (bicyclic) bond motifs is 4. The largest absolute Gasteiger partial charge is 0.337 e. The van der Waals surface area contributed by atoms with Crippen molar-refractivity contribution in [2.45, 2.75) is 45.1 Å². The fraction of sp³-hybridized carbons (Fsp3) is 0.632. The number of amides is 2. The molecule has 6 nitrogen and oxygen atoms in total. The van der Waals surface area contributed by atoms with E-state index in [1.54, 1.807) is 24.0 Å². The lowest BCUT2D eigenvalue weighted by Crippen LogP contribution is -2.50. The second-order valence-electron chi connectivity index (χ2n) is 7.81. The number of H-pyrrole nitrogens is 1. The summed E-state index contributed by atoms with van der Waals surface area (Å²) >= 11 is 0. The van der Waals surface area contributed by atoms with Crippen LogP contribution in [0.4, 0.5) is 0 Å². The minimum absolute atomic E-state index is 0.0975. The normalized spacial score (nSPS) is 26.5. The van der Waals surface area contributed by atoms with Crippen molar-refractivity contribution in [1.29, 1.82) is 0 Å². The fourth-order valence-electron chi connectivity index (χ4n) is 4.31. The molecule has 0 spiro atoms. The maximum atomic E-state index is 12.9. The monoisotopic (exact) mass is 343 g/mol. The van der Waals surface area contributed by atoms with Crippen LogP contribution in [0.5, 0.6) is 0 Å². The third-order valence-electron chi connectivity index (χ3n) is 6.05. The van der Waals surface area contributed by atoms with Crippen molar-refractivity contribution in [3.63, 3.8) is 0 Å². The van der Waals surface area contributed by atoms with E-state index >= 15 is 0 Å². The number of hydrogen-bond acceptors (Lipinski definition) is 3. The highest BCUT2D eigenvalue weighted by Gasteiger charge is 2.43. The minimum Gasteiger partial charge on any atom is -0.337 e. The van der Waals surface area contributed by atoms with E-state index in [9.17, 15) is 14.4 Å². The van der Waals surface area contributed by atoms with E-state index < -0.39 is 0 Å². The van der Waals surface area contributed by atoms with Crippen molar-refractivity contribution >= 4 is 11.8 Å². The number of carbonyl (C=O) groups excluding carboxylic acids is 2. The topological polar surface area (TPSA) is 73.5 Å². The second-order valence-corrected chi connectivity index (χ2v) is 7.81. The number of pyridine rings is 1. The molecule has 1 aromatic rings. The van der Waals surface area contributed by atoms with Crippen molar-refractivity contribution in [3.05, 3.63) is 33.7 Å². The zero-order valence-electron chi connectivity index (χ0n) is 14.7. The quantitative estimate of drug-likeness (QED) is 0.905. The van der Waals surface area contributed by atoms with Gasteiger partial charge in [0.2, 0.25) is 5.91 Å². The lowest BCUT2D eigenvalue weighted by molar-refractivity contribution is -0.141. The summed E-state index contributed by atoms with van der Waals surface area (Å²) in [6.07, 6.45) is 5.49. The van der Waals surface area contributed by atoms with Gasteiger partial charge in [0, 0.05) is 31.4 Å². The molecule has 2 bridgehead atoms. The summed E-state index contributed by atoms with van der Waals surface area (Å²) in [5.41, 5.74) is 0.559. The smallest absolute Gasteiger partial charge is 0.260 e. The van der Waals surface area contributed by atoms with Gasteiger partial charge in [0.05, 0.1) is 5.92 Å². The second kappa shape index (κ2) is 6.32. The molecule has 4 fully saturated rings. The summed E-state index contributed by atoms with van der Waals surface area (Å²) in [5, 5.41) is 0. The van der Waals surface area contributed by atoms with Gasteiger partial charge in [-0.1, -0.05) is 6.42 Å². The molecule has 4 aliphatic rings. The number of hydrogen-bond donors (Lipinski definition) is 1. The molecular formula is C19H25N3O3. The van der Waals surface area contributed by atoms with E-state index in [-0.39, 0.29) is 34.9 Å². The lowest BCUT2D eigenvalue weighted by Gasteiger charge is -2.40. The molecule has 25 heavy (non-hydrogen) atoms. The average Bonchev–Trinajstić information content (AvgIpc) is 2.82. The Morgan fingerprint density at radius 2 is 1.96 bits per heavy atom. The molecule has 5 rings (SSSR count). The van der Waals surface area contributed by atoms with Crippen molar-refractivity contribution in [2.24, 2.45) is 11.8 Å². The molecule has 3 aliphatic heterocycles. The molecular weight excluding hydrogens is 318 g/mol. The minimum atomic E-state index is -0.348. The standard InChI is InChI=1S/C19H25N3O3/c1-12-5-8-16(17(23)20-12)19(25)21-10-14-6-7-15(11-21)22(18(14)24)9-13-3-2-4-13/h5,8,13-15H,2-4,6-7,9-11H2,1H3,(H,20,23)/t14-,15+/m0/s1. The van der Waals surface area contributed by atoms with Crippen LogP contribution in [0.15, 0.2) is 16.9 Å². The van der Waals surface area contributed by atoms with E-state index in [1.165, 1.54) is 19.3 Å². The van der Waals surface area contributed by atoms with Crippen LogP contribution >= 0.6 is 0 Å². The van der Waals surface area contributed by atoms with Crippen LogP contribution in [-0.2, 0) is 4.79 Å². The Bertz CT molecular complexity index is 753. The van der Waals surface area contributed by atoms with E-state index in [2.05, 4.69) is 4.98 Å². The highest BCUT2D eigenvalue weighted by molar-refractivity contribution is 5.94. The molecule has 0 unspecified atom stereocenters. The van der Waals surface area contributed by atoms with Crippen molar-refractivity contribution in [2.75, 3.05) is 19.6 Å². The molecule has 1 N–H and O–H groups in total. The van der Waals surface area contributed by atoms with E-state index in [0.717, 1.165) is 25.1 Å². The van der Waals surface area contributed by atoms with Crippen LogP contribution in [0.3, 0.4) is 0 Å². The fourth-order valence-corrected chi connectivity index (χ4v) is 4.31. The molecule has 3 saturated heterocycles. The first kappa shape index (κ1) is 16.4. The van der Waals surface area contributed by atoms with Gasteiger partial charge in [0.15, 0.2) is 0 Å². The van der Waals surface area contributed by atoms with Crippen molar-refractivity contribution < 1.29 is 9.59 Å². The van der Waals surface area contributed by atoms with Gasteiger partial charge < -0.3 is 14.8 Å². The Hall–Kier alpha value is -2.11. The van der Waals surface area contributed by atoms with Crippen LogP contribution < -0.4 is 5.56 Å². The van der Waals surface area contributed by atoms with Gasteiger partial charge in [-0.2, -0.15) is 0 Å². The summed E-state index contributed by atoms with van der Waals surface area (Å²) in [7, 11) is 0. The van der Waals surface area contributed by atoms with Gasteiger partial charge in [-0.3, -0.25) is 14.4 Å². The Balaban J connectivity index is 1.55. The SMILES string of the molecule is Cc1ccc(C(=O)N2C[C@@H]3CC[C@H](C2)N(CC2CCC2)C3=O)c(=O)[nH]1. The molecule has 4 heterocycles. The predicted octanol–water partition coefficient (Wildman–Crippen LogP) is 1.55. The maximum Gasteiger partial charge on any atom is 0.260 e. The first-order valence-electron chi connectivity index (χ1n) is 9.32. The van der Waals surface area contributed by atoms with Crippen LogP contribution in [0, 0.1) is 18.8 Å². The number of nitrogens with zero attached hydrogens (tertiary/aromatic N) is 2. The van der Waals surface area contributed by atoms with Crippen LogP contribution in [-0.4, -0.2) is 52.3 Å². The average molecular weight is 343 g/mol. The molecule has 1 aliphatic carbocycles. The summed E-state index contributed by atoms with van der Waals surface area (Å²) in [4.78, 5) is 44.3. The molecule has 6 heteroatoms. The Morgan fingerprint density at radius 3 is 2.64 bits per heavy atom. The van der Waals surface area contributed by atoms with Crippen molar-refractivity contribution in [1.82, 2.24) is 14.8 Å². The molecule has 1 saturated carbocycles. The molecule has 1 aromatic heterocycles. The van der Waals surface area contributed by atoms with Gasteiger partial charge in [-0.15, -0.1) is 0 Å². The number of carbonyl (C=O) groups is 2. The van der Waals surface area contributed by atoms with Crippen LogP contribution in [0.1, 0.15) is 48.2 Å². The number of aryl methyl sites for hydroxylation is 1. The summed E-state index contributed by atoms with van der Waals surface area (Å²) < 4.78 is 0. The summed E-state index contributed by atoms with van der Waals surface area (Å²) in [6.45, 7) is 3.61. The van der Waals surface area contributed by atoms with Gasteiger partial charge >= 0.3 is 0 Å². The van der Waals surface area contributed by atoms with Gasteiger partial charge in [-0.25, -0.2) is 0 Å². The van der Waals surface area contributed by atoms with Crippen LogP contribution in [0.25, 0.3) is 0 Å². The maximum absolute atomic E-state index is 12.9. The number of nitrogens with one attached hydrogen (secondary N) is 1. The van der Waals surface area contributed by atoms with Gasteiger partial charge in [-0.05, 0) is 50.7 Å². The number of aromatic amines is 1. The highest BCUT2D eigenvalue weighted by Crippen LogP contribution is 2.34. The first-order chi connectivity index (χ1) is 12.0. The number of piperidine rings is 1. The van der Waals surface area contributed by atoms with Crippen LogP contribution in [0.2, 0.25) is 0 Å². The summed E-state index contributed by atoms with van der Waals surface area (Å²) in [6, 6.07) is 3.44. The molecule has 0 aromatic carbocycles. The summed E-state index contributed by atoms with van der Waals surface area (Å²) in [5.74, 6) is 0.465. The zero-order chi connectivity index (χ0) is 17.6. The zero-order valence-corrected chi connectivity index (χ0v) is 14.7. The van der Waals surface area contributed by atoms with Gasteiger partial charge in [0.1, 0.15) is 5.56 Å². The third-order valence-corrected chi connectivity index (χ3v) is 6.05. The first-order valence-corrected chi connectivity index (χ1v) is 9.32. The van der Waals surface area contributed by atoms with E-state index in [4.69, 9.17) is 0 Å². The molecule has 0 radical (unpaired) electrons. The Labute approximate surface area is 147 Å². The third kappa shape index (κ3) is 2.98. The number of aromatic nitrogens is 1. The van der Waals surface area contributed by atoms with Gasteiger partial charge in [0.25, 0.3) is 11.5 Å². The molecule has 134 valence electrons. The number of rotatable bonds is 3. The Kier molecular flexibility index (Phi) is 4.13. The van der Waals surface area contributed by atoms with Crippen molar-refractivity contribution in [3.8, 4) is 0 Å². The molecule has 2 amide bonds. The predicted molar refractivity (Wildman–Crippen MR) is 93.3 cm³/mol. The van der Waals surface area contributed by atoms with E-state index in [1.807, 2.05) is 4.90 Å². The Morgan fingerprint density at radius 1 is 1.16 bits per heavy atom.